The molecule has 0 spiro atoms. The lowest BCUT2D eigenvalue weighted by Gasteiger charge is -2.24. The highest BCUT2D eigenvalue weighted by Gasteiger charge is 2.36. The summed E-state index contributed by atoms with van der Waals surface area (Å²) in [6.07, 6.45) is 2.32. The van der Waals surface area contributed by atoms with Crippen LogP contribution in [0.25, 0.3) is 0 Å². The lowest BCUT2D eigenvalue weighted by molar-refractivity contribution is -0.142. The normalized spacial score (nSPS) is 30.3. The van der Waals surface area contributed by atoms with Gasteiger partial charge in [-0.2, -0.15) is 0 Å². The average Bonchev–Trinajstić information content (AvgIpc) is 2.84. The smallest absolute Gasteiger partial charge is 0.306 e. The van der Waals surface area contributed by atoms with E-state index in [0.717, 1.165) is 6.42 Å². The molecule has 0 aromatic rings. The van der Waals surface area contributed by atoms with E-state index in [9.17, 15) is 21.6 Å². The molecule has 2 unspecified atom stereocenters. The van der Waals surface area contributed by atoms with Crippen LogP contribution in [0.2, 0.25) is 0 Å². The second-order valence-corrected chi connectivity index (χ2v) is 10.2. The molecule has 0 bridgehead atoms. The van der Waals surface area contributed by atoms with Crippen molar-refractivity contribution in [2.75, 3.05) is 18.1 Å². The van der Waals surface area contributed by atoms with E-state index in [0.29, 0.717) is 12.8 Å². The Bertz CT molecular complexity index is 583. The molecule has 21 heavy (non-hydrogen) atoms. The molecule has 1 aliphatic heterocycles. The first-order chi connectivity index (χ1) is 9.71. The van der Waals surface area contributed by atoms with Crippen molar-refractivity contribution in [3.8, 4) is 0 Å². The Kier molecular flexibility index (Phi) is 4.94. The highest BCUT2D eigenvalue weighted by atomic mass is 32.2. The third-order valence-corrected chi connectivity index (χ3v) is 8.10. The zero-order valence-electron chi connectivity index (χ0n) is 11.7. The fraction of sp³-hybridized carbons (Fsp3) is 0.917. The number of carboxylic acid groups (broad SMARTS) is 1. The number of sulfonamides is 1. The largest absolute Gasteiger partial charge is 0.481 e. The highest BCUT2D eigenvalue weighted by Crippen LogP contribution is 2.31. The van der Waals surface area contributed by atoms with E-state index < -0.39 is 37.0 Å². The number of rotatable bonds is 5. The molecule has 2 rings (SSSR count). The predicted octanol–water partition coefficient (Wildman–Crippen LogP) is -0.0161. The summed E-state index contributed by atoms with van der Waals surface area (Å²) in [5, 5.41) is 8.39. The zero-order valence-corrected chi connectivity index (χ0v) is 13.3. The minimum absolute atomic E-state index is 0.0975. The lowest BCUT2D eigenvalue weighted by atomic mass is 9.97. The van der Waals surface area contributed by atoms with Gasteiger partial charge in [-0.15, -0.1) is 0 Å². The topological polar surface area (TPSA) is 118 Å². The quantitative estimate of drug-likeness (QED) is 0.727. The van der Waals surface area contributed by atoms with Gasteiger partial charge in [0.05, 0.1) is 22.7 Å². The number of aliphatic carboxylic acids is 1. The van der Waals surface area contributed by atoms with Crippen molar-refractivity contribution in [1.82, 2.24) is 4.72 Å². The van der Waals surface area contributed by atoms with Gasteiger partial charge in [0.1, 0.15) is 9.84 Å². The van der Waals surface area contributed by atoms with Gasteiger partial charge in [-0.1, -0.05) is 6.42 Å². The summed E-state index contributed by atoms with van der Waals surface area (Å²) in [6.45, 7) is 0.128. The Balaban J connectivity index is 1.91. The maximum absolute atomic E-state index is 12.2. The van der Waals surface area contributed by atoms with Crippen molar-refractivity contribution in [1.29, 1.82) is 0 Å². The maximum atomic E-state index is 12.2. The molecule has 0 aromatic carbocycles. The second kappa shape index (κ2) is 6.21. The van der Waals surface area contributed by atoms with Crippen LogP contribution in [0.4, 0.5) is 0 Å². The third kappa shape index (κ3) is 4.17. The van der Waals surface area contributed by atoms with E-state index >= 15 is 0 Å². The molecule has 1 saturated heterocycles. The van der Waals surface area contributed by atoms with Crippen molar-refractivity contribution in [3.63, 3.8) is 0 Å². The van der Waals surface area contributed by atoms with Crippen molar-refractivity contribution >= 4 is 25.8 Å². The summed E-state index contributed by atoms with van der Waals surface area (Å²) >= 11 is 0. The van der Waals surface area contributed by atoms with Crippen molar-refractivity contribution in [2.24, 2.45) is 11.8 Å². The molecule has 2 N–H and O–H groups in total. The van der Waals surface area contributed by atoms with E-state index in [1.165, 1.54) is 0 Å². The van der Waals surface area contributed by atoms with Crippen LogP contribution in [0.15, 0.2) is 0 Å². The molecule has 0 radical (unpaired) electrons. The van der Waals surface area contributed by atoms with Gasteiger partial charge in [0.2, 0.25) is 10.0 Å². The fourth-order valence-corrected chi connectivity index (χ4v) is 6.45. The number of carboxylic acids is 1. The van der Waals surface area contributed by atoms with E-state index in [1.807, 2.05) is 0 Å². The molecule has 0 amide bonds. The van der Waals surface area contributed by atoms with Crippen molar-refractivity contribution in [3.05, 3.63) is 0 Å². The minimum atomic E-state index is -3.58. The maximum Gasteiger partial charge on any atom is 0.306 e. The SMILES string of the molecule is O=C(O)C1CCCC1CNS(=O)(=O)C1CCS(=O)(=O)CC1. The molecule has 2 atom stereocenters. The Hall–Kier alpha value is -0.670. The molecule has 2 aliphatic rings. The fourth-order valence-electron chi connectivity index (χ4n) is 3.13. The summed E-state index contributed by atoms with van der Waals surface area (Å²) in [4.78, 5) is 11.1. The minimum Gasteiger partial charge on any atom is -0.481 e. The van der Waals surface area contributed by atoms with Crippen LogP contribution >= 0.6 is 0 Å². The lowest BCUT2D eigenvalue weighted by Crippen LogP contribution is -2.42. The molecular formula is C12H21NO6S2. The van der Waals surface area contributed by atoms with Gasteiger partial charge in [-0.25, -0.2) is 21.6 Å². The number of hydrogen-bond donors (Lipinski definition) is 2. The first-order valence-electron chi connectivity index (χ1n) is 7.13. The van der Waals surface area contributed by atoms with Crippen LogP contribution in [0, 0.1) is 11.8 Å². The Morgan fingerprint density at radius 2 is 1.76 bits per heavy atom. The van der Waals surface area contributed by atoms with Crippen LogP contribution in [-0.4, -0.2) is 51.2 Å². The van der Waals surface area contributed by atoms with E-state index in [4.69, 9.17) is 5.11 Å². The molecule has 0 aromatic heterocycles. The molecule has 1 heterocycles. The van der Waals surface area contributed by atoms with Crippen LogP contribution in [0.3, 0.4) is 0 Å². The Labute approximate surface area is 125 Å². The molecule has 1 saturated carbocycles. The second-order valence-electron chi connectivity index (χ2n) is 5.88. The van der Waals surface area contributed by atoms with E-state index in [-0.39, 0.29) is 36.8 Å². The third-order valence-electron chi connectivity index (χ3n) is 4.46. The number of hydrogen-bond acceptors (Lipinski definition) is 5. The molecule has 2 fully saturated rings. The van der Waals surface area contributed by atoms with Gasteiger partial charge >= 0.3 is 5.97 Å². The molecule has 9 heteroatoms. The Morgan fingerprint density at radius 3 is 2.33 bits per heavy atom. The van der Waals surface area contributed by atoms with Gasteiger partial charge in [0.15, 0.2) is 0 Å². The monoisotopic (exact) mass is 339 g/mol. The van der Waals surface area contributed by atoms with Crippen molar-refractivity contribution in [2.45, 2.75) is 37.4 Å². The summed E-state index contributed by atoms with van der Waals surface area (Å²) < 4.78 is 49.5. The summed E-state index contributed by atoms with van der Waals surface area (Å²) in [5.41, 5.74) is 0. The van der Waals surface area contributed by atoms with Gasteiger partial charge in [0, 0.05) is 6.54 Å². The standard InChI is InChI=1S/C12H21NO6S2/c14-12(15)11-3-1-2-9(11)8-13-21(18,19)10-4-6-20(16,17)7-5-10/h9-11,13H,1-8H2,(H,14,15). The van der Waals surface area contributed by atoms with Crippen LogP contribution in [0.5, 0.6) is 0 Å². The van der Waals surface area contributed by atoms with Gasteiger partial charge in [-0.05, 0) is 31.6 Å². The molecular weight excluding hydrogens is 318 g/mol. The summed E-state index contributed by atoms with van der Waals surface area (Å²) in [6, 6.07) is 0. The number of sulfone groups is 1. The molecule has 7 nitrogen and oxygen atoms in total. The van der Waals surface area contributed by atoms with E-state index in [2.05, 4.69) is 4.72 Å². The number of nitrogens with one attached hydrogen (secondary N) is 1. The Morgan fingerprint density at radius 1 is 1.14 bits per heavy atom. The van der Waals surface area contributed by atoms with Gasteiger partial charge < -0.3 is 5.11 Å². The van der Waals surface area contributed by atoms with Crippen LogP contribution in [0.1, 0.15) is 32.1 Å². The first kappa shape index (κ1) is 16.7. The van der Waals surface area contributed by atoms with Crippen molar-refractivity contribution < 1.29 is 26.7 Å². The molecule has 122 valence electrons. The highest BCUT2D eigenvalue weighted by molar-refractivity contribution is 7.92. The van der Waals surface area contributed by atoms with E-state index in [1.54, 1.807) is 0 Å². The van der Waals surface area contributed by atoms with Crippen LogP contribution < -0.4 is 4.72 Å². The number of carbonyl (C=O) groups is 1. The first-order valence-corrected chi connectivity index (χ1v) is 10.5. The van der Waals surface area contributed by atoms with Crippen LogP contribution in [-0.2, 0) is 24.7 Å². The van der Waals surface area contributed by atoms with Gasteiger partial charge in [-0.3, -0.25) is 4.79 Å². The zero-order chi connectivity index (χ0) is 15.7. The summed E-state index contributed by atoms with van der Waals surface area (Å²) in [7, 11) is -6.67. The van der Waals surface area contributed by atoms with Gasteiger partial charge in [0.25, 0.3) is 0 Å². The average molecular weight is 339 g/mol. The predicted molar refractivity (Wildman–Crippen MR) is 77.1 cm³/mol. The summed E-state index contributed by atoms with van der Waals surface area (Å²) in [5.74, 6) is -1.73. The molecule has 1 aliphatic carbocycles.